The SMILES string of the molecule is CNCCC(=O)N(C)C(C)(C)CO. The summed E-state index contributed by atoms with van der Waals surface area (Å²) in [5.41, 5.74) is -0.467. The van der Waals surface area contributed by atoms with E-state index in [0.717, 1.165) is 0 Å². The predicted molar refractivity (Wildman–Crippen MR) is 52.5 cm³/mol. The monoisotopic (exact) mass is 188 g/mol. The molecule has 0 saturated carbocycles. The number of aliphatic hydroxyl groups is 1. The van der Waals surface area contributed by atoms with E-state index in [1.54, 1.807) is 11.9 Å². The minimum Gasteiger partial charge on any atom is -0.394 e. The molecule has 1 amide bonds. The Morgan fingerprint density at radius 3 is 2.46 bits per heavy atom. The zero-order chi connectivity index (χ0) is 10.5. The number of nitrogens with one attached hydrogen (secondary N) is 1. The smallest absolute Gasteiger partial charge is 0.224 e. The van der Waals surface area contributed by atoms with Gasteiger partial charge < -0.3 is 15.3 Å². The third-order valence-electron chi connectivity index (χ3n) is 2.26. The van der Waals surface area contributed by atoms with Crippen LogP contribution < -0.4 is 5.32 Å². The Labute approximate surface area is 79.9 Å². The van der Waals surface area contributed by atoms with Crippen molar-refractivity contribution in [3.05, 3.63) is 0 Å². The number of nitrogens with zero attached hydrogens (tertiary/aromatic N) is 1. The van der Waals surface area contributed by atoms with Crippen LogP contribution in [0.5, 0.6) is 0 Å². The molecule has 0 aromatic carbocycles. The molecule has 4 nitrogen and oxygen atoms in total. The Kier molecular flexibility index (Phi) is 4.95. The Bertz CT molecular complexity index is 169. The standard InChI is InChI=1S/C9H20N2O2/c1-9(2,7-12)11(4)8(13)5-6-10-3/h10,12H,5-7H2,1-4H3. The molecule has 0 rings (SSSR count). The summed E-state index contributed by atoms with van der Waals surface area (Å²) in [5.74, 6) is 0.0494. The van der Waals surface area contributed by atoms with E-state index < -0.39 is 5.54 Å². The second-order valence-electron chi connectivity index (χ2n) is 3.78. The number of rotatable bonds is 5. The maximum absolute atomic E-state index is 11.5. The molecule has 0 aliphatic carbocycles. The number of amides is 1. The molecule has 0 fully saturated rings. The fraction of sp³-hybridized carbons (Fsp3) is 0.889. The first-order valence-corrected chi connectivity index (χ1v) is 4.48. The van der Waals surface area contributed by atoms with Crippen molar-refractivity contribution in [2.45, 2.75) is 25.8 Å². The van der Waals surface area contributed by atoms with E-state index in [4.69, 9.17) is 5.11 Å². The summed E-state index contributed by atoms with van der Waals surface area (Å²) in [4.78, 5) is 13.1. The van der Waals surface area contributed by atoms with E-state index in [9.17, 15) is 4.79 Å². The van der Waals surface area contributed by atoms with Crippen LogP contribution in [0.2, 0.25) is 0 Å². The third-order valence-corrected chi connectivity index (χ3v) is 2.26. The van der Waals surface area contributed by atoms with Crippen LogP contribution in [0.25, 0.3) is 0 Å². The number of carbonyl (C=O) groups excluding carboxylic acids is 1. The minimum atomic E-state index is -0.467. The van der Waals surface area contributed by atoms with Gasteiger partial charge in [-0.3, -0.25) is 4.79 Å². The summed E-state index contributed by atoms with van der Waals surface area (Å²) in [5, 5.41) is 11.9. The van der Waals surface area contributed by atoms with Gasteiger partial charge in [0.15, 0.2) is 0 Å². The second-order valence-corrected chi connectivity index (χ2v) is 3.78. The molecule has 0 saturated heterocycles. The van der Waals surface area contributed by atoms with Crippen molar-refractivity contribution in [1.82, 2.24) is 10.2 Å². The molecule has 0 aromatic rings. The van der Waals surface area contributed by atoms with Crippen LogP contribution in [-0.4, -0.2) is 48.7 Å². The van der Waals surface area contributed by atoms with Crippen LogP contribution >= 0.6 is 0 Å². The van der Waals surface area contributed by atoms with Crippen LogP contribution in [-0.2, 0) is 4.79 Å². The molecular weight excluding hydrogens is 168 g/mol. The van der Waals surface area contributed by atoms with Gasteiger partial charge in [-0.15, -0.1) is 0 Å². The highest BCUT2D eigenvalue weighted by Gasteiger charge is 2.25. The first-order chi connectivity index (χ1) is 5.95. The zero-order valence-electron chi connectivity index (χ0n) is 8.92. The maximum Gasteiger partial charge on any atom is 0.224 e. The fourth-order valence-electron chi connectivity index (χ4n) is 0.843. The lowest BCUT2D eigenvalue weighted by molar-refractivity contribution is -0.135. The molecule has 0 unspecified atom stereocenters. The van der Waals surface area contributed by atoms with Crippen LogP contribution in [0, 0.1) is 0 Å². The normalized spacial score (nSPS) is 11.5. The van der Waals surface area contributed by atoms with Gasteiger partial charge >= 0.3 is 0 Å². The molecule has 0 aliphatic heterocycles. The third kappa shape index (κ3) is 3.74. The minimum absolute atomic E-state index is 0.0191. The molecule has 0 aromatic heterocycles. The lowest BCUT2D eigenvalue weighted by Gasteiger charge is -2.34. The number of likely N-dealkylation sites (N-methyl/N-ethyl adjacent to an activating group) is 1. The van der Waals surface area contributed by atoms with Gasteiger partial charge in [0.1, 0.15) is 0 Å². The summed E-state index contributed by atoms with van der Waals surface area (Å²) in [6, 6.07) is 0. The first kappa shape index (κ1) is 12.4. The average molecular weight is 188 g/mol. The van der Waals surface area contributed by atoms with Crippen LogP contribution in [0.4, 0.5) is 0 Å². The fourth-order valence-corrected chi connectivity index (χ4v) is 0.843. The van der Waals surface area contributed by atoms with Gasteiger partial charge in [0.25, 0.3) is 0 Å². The maximum atomic E-state index is 11.5. The molecular formula is C9H20N2O2. The van der Waals surface area contributed by atoms with Crippen molar-refractivity contribution in [2.24, 2.45) is 0 Å². The molecule has 0 radical (unpaired) electrons. The first-order valence-electron chi connectivity index (χ1n) is 4.48. The molecule has 13 heavy (non-hydrogen) atoms. The summed E-state index contributed by atoms with van der Waals surface area (Å²) in [7, 11) is 3.53. The Hall–Kier alpha value is -0.610. The molecule has 0 atom stereocenters. The molecule has 4 heteroatoms. The summed E-state index contributed by atoms with van der Waals surface area (Å²) < 4.78 is 0. The quantitative estimate of drug-likeness (QED) is 0.629. The van der Waals surface area contributed by atoms with Gasteiger partial charge in [0.05, 0.1) is 12.1 Å². The second kappa shape index (κ2) is 5.19. The van der Waals surface area contributed by atoms with Gasteiger partial charge in [0.2, 0.25) is 5.91 Å². The predicted octanol–water partition coefficient (Wildman–Crippen LogP) is -0.175. The van der Waals surface area contributed by atoms with Gasteiger partial charge in [-0.25, -0.2) is 0 Å². The van der Waals surface area contributed by atoms with E-state index in [2.05, 4.69) is 5.32 Å². The van der Waals surface area contributed by atoms with Crippen molar-refractivity contribution in [1.29, 1.82) is 0 Å². The number of hydrogen-bond donors (Lipinski definition) is 2. The lowest BCUT2D eigenvalue weighted by atomic mass is 10.0. The van der Waals surface area contributed by atoms with Crippen molar-refractivity contribution in [3.8, 4) is 0 Å². The molecule has 2 N–H and O–H groups in total. The number of aliphatic hydroxyl groups excluding tert-OH is 1. The van der Waals surface area contributed by atoms with E-state index >= 15 is 0 Å². The Balaban J connectivity index is 4.09. The van der Waals surface area contributed by atoms with Gasteiger partial charge in [-0.05, 0) is 20.9 Å². The zero-order valence-corrected chi connectivity index (χ0v) is 8.92. The average Bonchev–Trinajstić information content (AvgIpc) is 2.12. The summed E-state index contributed by atoms with van der Waals surface area (Å²) >= 11 is 0. The van der Waals surface area contributed by atoms with E-state index in [0.29, 0.717) is 13.0 Å². The van der Waals surface area contributed by atoms with Crippen molar-refractivity contribution in [2.75, 3.05) is 27.2 Å². The highest BCUT2D eigenvalue weighted by atomic mass is 16.3. The van der Waals surface area contributed by atoms with Crippen LogP contribution in [0.1, 0.15) is 20.3 Å². The van der Waals surface area contributed by atoms with Crippen LogP contribution in [0.15, 0.2) is 0 Å². The van der Waals surface area contributed by atoms with Gasteiger partial charge in [-0.2, -0.15) is 0 Å². The molecule has 78 valence electrons. The lowest BCUT2D eigenvalue weighted by Crippen LogP contribution is -2.48. The summed E-state index contributed by atoms with van der Waals surface area (Å²) in [6.07, 6.45) is 0.469. The van der Waals surface area contributed by atoms with Gasteiger partial charge in [-0.1, -0.05) is 0 Å². The topological polar surface area (TPSA) is 52.6 Å². The van der Waals surface area contributed by atoms with Crippen molar-refractivity contribution < 1.29 is 9.90 Å². The summed E-state index contributed by atoms with van der Waals surface area (Å²) in [6.45, 7) is 4.33. The van der Waals surface area contributed by atoms with E-state index in [1.165, 1.54) is 0 Å². The Morgan fingerprint density at radius 2 is 2.08 bits per heavy atom. The largest absolute Gasteiger partial charge is 0.394 e. The molecule has 0 heterocycles. The van der Waals surface area contributed by atoms with Crippen LogP contribution in [0.3, 0.4) is 0 Å². The van der Waals surface area contributed by atoms with Crippen molar-refractivity contribution >= 4 is 5.91 Å². The number of carbonyl (C=O) groups is 1. The highest BCUT2D eigenvalue weighted by molar-refractivity contribution is 5.76. The highest BCUT2D eigenvalue weighted by Crippen LogP contribution is 2.11. The van der Waals surface area contributed by atoms with Gasteiger partial charge in [0, 0.05) is 20.0 Å². The van der Waals surface area contributed by atoms with E-state index in [1.807, 2.05) is 20.9 Å². The molecule has 0 bridgehead atoms. The molecule has 0 aliphatic rings. The van der Waals surface area contributed by atoms with Crippen molar-refractivity contribution in [3.63, 3.8) is 0 Å². The van der Waals surface area contributed by atoms with E-state index in [-0.39, 0.29) is 12.5 Å². The Morgan fingerprint density at radius 1 is 1.54 bits per heavy atom. The number of hydrogen-bond acceptors (Lipinski definition) is 3. The molecule has 0 spiro atoms.